The van der Waals surface area contributed by atoms with Gasteiger partial charge in [-0.2, -0.15) is 0 Å². The molecule has 21 heavy (non-hydrogen) atoms. The molecule has 6 nitrogen and oxygen atoms in total. The number of carbonyl (C=O) groups excluding carboxylic acids is 1. The number of carboxylic acids is 1. The lowest BCUT2D eigenvalue weighted by molar-refractivity contribution is -0.142. The normalized spacial score (nSPS) is 27.4. The highest BCUT2D eigenvalue weighted by molar-refractivity contribution is 5.82. The maximum Gasteiger partial charge on any atom is 0.326 e. The molecule has 2 aliphatic heterocycles. The number of hydrogen-bond donors (Lipinski definition) is 2. The Labute approximate surface area is 126 Å². The average Bonchev–Trinajstić information content (AvgIpc) is 2.77. The zero-order valence-electron chi connectivity index (χ0n) is 12.9. The fraction of sp³-hybridized carbons (Fsp3) is 0.867. The smallest absolute Gasteiger partial charge is 0.326 e. The van der Waals surface area contributed by atoms with E-state index in [-0.39, 0.29) is 6.03 Å². The Morgan fingerprint density at radius 2 is 1.95 bits per heavy atom. The van der Waals surface area contributed by atoms with Gasteiger partial charge < -0.3 is 15.3 Å². The molecule has 0 bridgehead atoms. The van der Waals surface area contributed by atoms with Crippen molar-refractivity contribution >= 4 is 12.0 Å². The van der Waals surface area contributed by atoms with E-state index in [1.807, 2.05) is 0 Å². The van der Waals surface area contributed by atoms with Gasteiger partial charge in [0, 0.05) is 19.1 Å². The van der Waals surface area contributed by atoms with Crippen LogP contribution in [0.25, 0.3) is 0 Å². The van der Waals surface area contributed by atoms with E-state index in [9.17, 15) is 14.7 Å². The van der Waals surface area contributed by atoms with Crippen molar-refractivity contribution in [2.45, 2.75) is 57.5 Å². The third kappa shape index (κ3) is 4.09. The first-order chi connectivity index (χ1) is 10.1. The molecular weight excluding hydrogens is 270 g/mol. The lowest BCUT2D eigenvalue weighted by atomic mass is 10.1. The zero-order chi connectivity index (χ0) is 15.2. The van der Waals surface area contributed by atoms with E-state index in [0.717, 1.165) is 38.8 Å². The second-order valence-corrected chi connectivity index (χ2v) is 6.01. The van der Waals surface area contributed by atoms with Crippen molar-refractivity contribution in [3.05, 3.63) is 0 Å². The van der Waals surface area contributed by atoms with Gasteiger partial charge >= 0.3 is 12.0 Å². The minimum atomic E-state index is -0.886. The highest BCUT2D eigenvalue weighted by Gasteiger charge is 2.31. The molecule has 2 saturated heterocycles. The second-order valence-electron chi connectivity index (χ2n) is 6.01. The summed E-state index contributed by atoms with van der Waals surface area (Å²) >= 11 is 0. The summed E-state index contributed by atoms with van der Waals surface area (Å²) in [6.45, 7) is 5.40. The minimum absolute atomic E-state index is 0.216. The molecule has 120 valence electrons. The number of amides is 2. The van der Waals surface area contributed by atoms with Crippen molar-refractivity contribution in [2.24, 2.45) is 0 Å². The number of carboxylic acid groups (broad SMARTS) is 1. The van der Waals surface area contributed by atoms with Crippen LogP contribution in [0.5, 0.6) is 0 Å². The van der Waals surface area contributed by atoms with Crippen LogP contribution in [-0.4, -0.2) is 65.2 Å². The van der Waals surface area contributed by atoms with Gasteiger partial charge in [-0.05, 0) is 38.8 Å². The summed E-state index contributed by atoms with van der Waals surface area (Å²) in [6, 6.07) is -0.486. The van der Waals surface area contributed by atoms with Crippen molar-refractivity contribution in [1.82, 2.24) is 15.1 Å². The fourth-order valence-electron chi connectivity index (χ4n) is 3.46. The number of nitrogens with one attached hydrogen (secondary N) is 1. The fourth-order valence-corrected chi connectivity index (χ4v) is 3.46. The lowest BCUT2D eigenvalue weighted by Gasteiger charge is -2.29. The first-order valence-corrected chi connectivity index (χ1v) is 8.14. The standard InChI is InChI=1S/C15H27N3O3/c1-2-17-9-6-7-12(17)11-16-15(21)18-10-5-3-4-8-13(18)14(19)20/h12-13H,2-11H2,1H3,(H,16,21)(H,19,20). The van der Waals surface area contributed by atoms with Gasteiger partial charge in [-0.3, -0.25) is 4.90 Å². The molecule has 2 fully saturated rings. The van der Waals surface area contributed by atoms with Crippen LogP contribution in [0.2, 0.25) is 0 Å². The van der Waals surface area contributed by atoms with E-state index in [0.29, 0.717) is 25.6 Å². The summed E-state index contributed by atoms with van der Waals surface area (Å²) in [5, 5.41) is 12.3. The maximum atomic E-state index is 12.4. The van der Waals surface area contributed by atoms with Gasteiger partial charge in [-0.25, -0.2) is 9.59 Å². The van der Waals surface area contributed by atoms with E-state index in [4.69, 9.17) is 0 Å². The summed E-state index contributed by atoms with van der Waals surface area (Å²) in [4.78, 5) is 27.6. The molecule has 2 amide bonds. The molecule has 0 aliphatic carbocycles. The summed E-state index contributed by atoms with van der Waals surface area (Å²) in [6.07, 6.45) is 5.62. The number of carbonyl (C=O) groups is 2. The second kappa shape index (κ2) is 7.64. The number of likely N-dealkylation sites (tertiary alicyclic amines) is 2. The summed E-state index contributed by atoms with van der Waals surface area (Å²) in [5.74, 6) is -0.886. The molecule has 2 N–H and O–H groups in total. The number of rotatable bonds is 4. The monoisotopic (exact) mass is 297 g/mol. The van der Waals surface area contributed by atoms with Crippen molar-refractivity contribution in [1.29, 1.82) is 0 Å². The molecule has 6 heteroatoms. The van der Waals surface area contributed by atoms with Gasteiger partial charge in [0.25, 0.3) is 0 Å². The van der Waals surface area contributed by atoms with Crippen molar-refractivity contribution in [3.63, 3.8) is 0 Å². The average molecular weight is 297 g/mol. The van der Waals surface area contributed by atoms with Crippen molar-refractivity contribution in [2.75, 3.05) is 26.2 Å². The largest absolute Gasteiger partial charge is 0.480 e. The van der Waals surface area contributed by atoms with Crippen LogP contribution in [0.4, 0.5) is 4.79 Å². The van der Waals surface area contributed by atoms with Gasteiger partial charge in [0.15, 0.2) is 0 Å². The third-order valence-corrected chi connectivity index (χ3v) is 4.69. The SMILES string of the molecule is CCN1CCCC1CNC(=O)N1CCCCCC1C(=O)O. The van der Waals surface area contributed by atoms with Crippen molar-refractivity contribution in [3.8, 4) is 0 Å². The van der Waals surface area contributed by atoms with Gasteiger partial charge in [0.2, 0.25) is 0 Å². The van der Waals surface area contributed by atoms with Crippen LogP contribution in [0.15, 0.2) is 0 Å². The maximum absolute atomic E-state index is 12.4. The van der Waals surface area contributed by atoms with Crippen LogP contribution < -0.4 is 5.32 Å². The Kier molecular flexibility index (Phi) is 5.85. The first-order valence-electron chi connectivity index (χ1n) is 8.14. The quantitative estimate of drug-likeness (QED) is 0.825. The van der Waals surface area contributed by atoms with Crippen molar-refractivity contribution < 1.29 is 14.7 Å². The number of urea groups is 1. The Bertz CT molecular complexity index is 375. The first kappa shape index (κ1) is 16.1. The third-order valence-electron chi connectivity index (χ3n) is 4.69. The van der Waals surface area contributed by atoms with Gasteiger partial charge in [0.1, 0.15) is 6.04 Å². The minimum Gasteiger partial charge on any atom is -0.480 e. The predicted octanol–water partition coefficient (Wildman–Crippen LogP) is 1.51. The molecule has 2 aliphatic rings. The molecule has 0 spiro atoms. The van der Waals surface area contributed by atoms with Crippen LogP contribution >= 0.6 is 0 Å². The molecule has 2 rings (SSSR count). The molecule has 0 saturated carbocycles. The molecule has 2 unspecified atom stereocenters. The number of aliphatic carboxylic acids is 1. The van der Waals surface area contributed by atoms with E-state index in [1.54, 1.807) is 0 Å². The molecule has 2 atom stereocenters. The summed E-state index contributed by atoms with van der Waals surface area (Å²) < 4.78 is 0. The molecule has 0 aromatic rings. The van der Waals surface area contributed by atoms with Gasteiger partial charge in [0.05, 0.1) is 0 Å². The Morgan fingerprint density at radius 1 is 1.14 bits per heavy atom. The van der Waals surface area contributed by atoms with Crippen LogP contribution in [0.3, 0.4) is 0 Å². The molecule has 0 radical (unpaired) electrons. The molecule has 2 heterocycles. The number of likely N-dealkylation sites (N-methyl/N-ethyl adjacent to an activating group) is 1. The molecule has 0 aromatic heterocycles. The summed E-state index contributed by atoms with van der Waals surface area (Å²) in [7, 11) is 0. The highest BCUT2D eigenvalue weighted by atomic mass is 16.4. The van der Waals surface area contributed by atoms with E-state index < -0.39 is 12.0 Å². The lowest BCUT2D eigenvalue weighted by Crippen LogP contribution is -2.51. The zero-order valence-corrected chi connectivity index (χ0v) is 12.9. The molecular formula is C15H27N3O3. The van der Waals surface area contributed by atoms with Crippen LogP contribution in [-0.2, 0) is 4.79 Å². The van der Waals surface area contributed by atoms with Gasteiger partial charge in [-0.1, -0.05) is 19.8 Å². The topological polar surface area (TPSA) is 72.9 Å². The van der Waals surface area contributed by atoms with Gasteiger partial charge in [-0.15, -0.1) is 0 Å². The Hall–Kier alpha value is -1.30. The van der Waals surface area contributed by atoms with E-state index >= 15 is 0 Å². The number of nitrogens with zero attached hydrogens (tertiary/aromatic N) is 2. The predicted molar refractivity (Wildman–Crippen MR) is 80.3 cm³/mol. The van der Waals surface area contributed by atoms with E-state index in [1.165, 1.54) is 11.3 Å². The van der Waals surface area contributed by atoms with Crippen LogP contribution in [0.1, 0.15) is 45.4 Å². The summed E-state index contributed by atoms with van der Waals surface area (Å²) in [5.41, 5.74) is 0. The Balaban J connectivity index is 1.89. The highest BCUT2D eigenvalue weighted by Crippen LogP contribution is 2.18. The van der Waals surface area contributed by atoms with Crippen LogP contribution in [0, 0.1) is 0 Å². The molecule has 0 aromatic carbocycles. The van der Waals surface area contributed by atoms with E-state index in [2.05, 4.69) is 17.1 Å². The Morgan fingerprint density at radius 3 is 2.67 bits per heavy atom. The number of hydrogen-bond acceptors (Lipinski definition) is 3.